The molecule has 2 heterocycles. The van der Waals surface area contributed by atoms with Crippen LogP contribution in [0, 0.1) is 5.92 Å². The summed E-state index contributed by atoms with van der Waals surface area (Å²) >= 11 is 1.17. The second-order valence-electron chi connectivity index (χ2n) is 4.42. The topological polar surface area (TPSA) is 126 Å². The Morgan fingerprint density at radius 3 is 2.85 bits per heavy atom. The first-order valence-corrected chi connectivity index (χ1v) is 6.85. The highest BCUT2D eigenvalue weighted by molar-refractivity contribution is 7.09. The smallest absolute Gasteiger partial charge is 0.355 e. The number of carboxylic acid groups (broad SMARTS) is 1. The quantitative estimate of drug-likeness (QED) is 0.713. The highest BCUT2D eigenvalue weighted by atomic mass is 32.1. The van der Waals surface area contributed by atoms with Gasteiger partial charge in [-0.05, 0) is 6.42 Å². The molecular weight excluding hydrogens is 284 g/mol. The Morgan fingerprint density at radius 1 is 1.55 bits per heavy atom. The van der Waals surface area contributed by atoms with Crippen molar-refractivity contribution in [3.05, 3.63) is 16.1 Å². The largest absolute Gasteiger partial charge is 0.476 e. The molecule has 1 fully saturated rings. The van der Waals surface area contributed by atoms with Crippen LogP contribution in [0.1, 0.15) is 21.9 Å². The van der Waals surface area contributed by atoms with Gasteiger partial charge in [0.1, 0.15) is 5.01 Å². The second kappa shape index (κ2) is 5.87. The molecule has 0 saturated carbocycles. The lowest BCUT2D eigenvalue weighted by Crippen LogP contribution is -2.39. The van der Waals surface area contributed by atoms with Crippen LogP contribution < -0.4 is 11.1 Å². The minimum Gasteiger partial charge on any atom is -0.476 e. The Morgan fingerprint density at radius 2 is 2.30 bits per heavy atom. The number of nitrogens with one attached hydrogen (secondary N) is 1. The van der Waals surface area contributed by atoms with Crippen molar-refractivity contribution in [1.82, 2.24) is 15.2 Å². The molecule has 0 aliphatic carbocycles. The number of likely N-dealkylation sites (tertiary alicyclic amines) is 1. The van der Waals surface area contributed by atoms with Gasteiger partial charge in [0.2, 0.25) is 5.91 Å². The summed E-state index contributed by atoms with van der Waals surface area (Å²) < 4.78 is 0. The summed E-state index contributed by atoms with van der Waals surface area (Å²) in [6.45, 7) is 0.964. The van der Waals surface area contributed by atoms with Gasteiger partial charge in [-0.15, -0.1) is 11.3 Å². The van der Waals surface area contributed by atoms with Gasteiger partial charge in [0, 0.05) is 18.5 Å². The molecule has 1 aromatic rings. The van der Waals surface area contributed by atoms with E-state index in [4.69, 9.17) is 10.8 Å². The SMILES string of the molecule is NC(=O)C1CCN(C(=O)NCc2nc(C(=O)O)cs2)C1. The summed E-state index contributed by atoms with van der Waals surface area (Å²) in [5.41, 5.74) is 5.16. The molecule has 4 N–H and O–H groups in total. The van der Waals surface area contributed by atoms with Crippen molar-refractivity contribution in [1.29, 1.82) is 0 Å². The number of rotatable bonds is 4. The summed E-state index contributed by atoms with van der Waals surface area (Å²) in [6.07, 6.45) is 0.573. The number of hydrogen-bond acceptors (Lipinski definition) is 5. The number of aromatic carboxylic acids is 1. The van der Waals surface area contributed by atoms with Crippen LogP contribution >= 0.6 is 11.3 Å². The third-order valence-electron chi connectivity index (χ3n) is 3.04. The van der Waals surface area contributed by atoms with Crippen molar-refractivity contribution >= 4 is 29.2 Å². The molecule has 20 heavy (non-hydrogen) atoms. The van der Waals surface area contributed by atoms with Gasteiger partial charge >= 0.3 is 12.0 Å². The van der Waals surface area contributed by atoms with Crippen molar-refractivity contribution in [3.8, 4) is 0 Å². The number of carbonyl (C=O) groups excluding carboxylic acids is 2. The van der Waals surface area contributed by atoms with E-state index in [0.29, 0.717) is 24.5 Å². The number of nitrogens with two attached hydrogens (primary N) is 1. The molecule has 1 saturated heterocycles. The Labute approximate surface area is 118 Å². The molecule has 3 amide bonds. The van der Waals surface area contributed by atoms with Crippen LogP contribution in [0.3, 0.4) is 0 Å². The first-order valence-electron chi connectivity index (χ1n) is 5.97. The minimum atomic E-state index is -1.09. The van der Waals surface area contributed by atoms with Crippen LogP contribution in [0.15, 0.2) is 5.38 Å². The zero-order valence-corrected chi connectivity index (χ0v) is 11.4. The van der Waals surface area contributed by atoms with Gasteiger partial charge in [0.05, 0.1) is 12.5 Å². The predicted octanol–water partition coefficient (Wildman–Crippen LogP) is -0.142. The lowest BCUT2D eigenvalue weighted by molar-refractivity contribution is -0.121. The summed E-state index contributed by atoms with van der Waals surface area (Å²) in [5.74, 6) is -1.78. The Balaban J connectivity index is 1.83. The molecule has 1 aromatic heterocycles. The highest BCUT2D eigenvalue weighted by Gasteiger charge is 2.29. The monoisotopic (exact) mass is 298 g/mol. The lowest BCUT2D eigenvalue weighted by Gasteiger charge is -2.16. The number of aromatic nitrogens is 1. The fourth-order valence-electron chi connectivity index (χ4n) is 1.93. The zero-order valence-electron chi connectivity index (χ0n) is 10.5. The second-order valence-corrected chi connectivity index (χ2v) is 5.37. The van der Waals surface area contributed by atoms with Crippen molar-refractivity contribution < 1.29 is 19.5 Å². The number of primary amides is 1. The van der Waals surface area contributed by atoms with E-state index in [1.165, 1.54) is 21.6 Å². The predicted molar refractivity (Wildman–Crippen MR) is 70.2 cm³/mol. The molecule has 1 aliphatic heterocycles. The summed E-state index contributed by atoms with van der Waals surface area (Å²) in [7, 11) is 0. The molecular formula is C11H14N4O4S. The summed E-state index contributed by atoms with van der Waals surface area (Å²) in [4.78, 5) is 38.9. The third kappa shape index (κ3) is 3.23. The summed E-state index contributed by atoms with van der Waals surface area (Å²) in [5, 5.41) is 13.3. The lowest BCUT2D eigenvalue weighted by atomic mass is 10.1. The third-order valence-corrected chi connectivity index (χ3v) is 3.89. The Hall–Kier alpha value is -2.16. The van der Waals surface area contributed by atoms with Crippen LogP contribution in [0.5, 0.6) is 0 Å². The maximum Gasteiger partial charge on any atom is 0.355 e. The van der Waals surface area contributed by atoms with E-state index in [1.807, 2.05) is 0 Å². The first-order chi connectivity index (χ1) is 9.47. The molecule has 8 nitrogen and oxygen atoms in total. The van der Waals surface area contributed by atoms with E-state index in [-0.39, 0.29) is 24.2 Å². The first kappa shape index (κ1) is 14.3. The van der Waals surface area contributed by atoms with Crippen LogP contribution in [0.25, 0.3) is 0 Å². The molecule has 0 aromatic carbocycles. The standard InChI is InChI=1S/C11H14N4O4S/c12-9(16)6-1-2-15(4-6)11(19)13-3-8-14-7(5-20-8)10(17)18/h5-6H,1-4H2,(H2,12,16)(H,13,19)(H,17,18). The average Bonchev–Trinajstić information content (AvgIpc) is 3.05. The van der Waals surface area contributed by atoms with Gasteiger partial charge < -0.3 is 21.1 Å². The molecule has 1 atom stereocenters. The fraction of sp³-hybridized carbons (Fsp3) is 0.455. The fourth-order valence-corrected chi connectivity index (χ4v) is 2.64. The average molecular weight is 298 g/mol. The molecule has 9 heteroatoms. The van der Waals surface area contributed by atoms with Crippen LogP contribution in [-0.2, 0) is 11.3 Å². The normalized spacial score (nSPS) is 18.0. The number of urea groups is 1. The van der Waals surface area contributed by atoms with E-state index >= 15 is 0 Å². The van der Waals surface area contributed by atoms with Crippen molar-refractivity contribution in [2.24, 2.45) is 11.7 Å². The van der Waals surface area contributed by atoms with Crippen molar-refractivity contribution in [2.75, 3.05) is 13.1 Å². The van der Waals surface area contributed by atoms with Crippen molar-refractivity contribution in [2.45, 2.75) is 13.0 Å². The number of amides is 3. The number of carbonyl (C=O) groups is 3. The maximum atomic E-state index is 11.9. The zero-order chi connectivity index (χ0) is 14.7. The summed E-state index contributed by atoms with van der Waals surface area (Å²) in [6, 6.07) is -0.305. The van der Waals surface area contributed by atoms with Gasteiger partial charge in [-0.1, -0.05) is 0 Å². The van der Waals surface area contributed by atoms with E-state index < -0.39 is 11.9 Å². The highest BCUT2D eigenvalue weighted by Crippen LogP contribution is 2.16. The molecule has 1 unspecified atom stereocenters. The van der Waals surface area contributed by atoms with Gasteiger partial charge in [0.25, 0.3) is 0 Å². The molecule has 0 spiro atoms. The van der Waals surface area contributed by atoms with E-state index in [9.17, 15) is 14.4 Å². The molecule has 108 valence electrons. The number of thiazole rings is 1. The molecule has 0 radical (unpaired) electrons. The minimum absolute atomic E-state index is 0.0331. The number of nitrogens with zero attached hydrogens (tertiary/aromatic N) is 2. The maximum absolute atomic E-state index is 11.9. The van der Waals surface area contributed by atoms with Gasteiger partial charge in [-0.25, -0.2) is 14.6 Å². The van der Waals surface area contributed by atoms with Gasteiger partial charge in [-0.3, -0.25) is 4.79 Å². The van der Waals surface area contributed by atoms with E-state index in [2.05, 4.69) is 10.3 Å². The van der Waals surface area contributed by atoms with E-state index in [0.717, 1.165) is 0 Å². The molecule has 0 bridgehead atoms. The Bertz CT molecular complexity index is 544. The van der Waals surface area contributed by atoms with Crippen LogP contribution in [0.2, 0.25) is 0 Å². The van der Waals surface area contributed by atoms with Crippen LogP contribution in [0.4, 0.5) is 4.79 Å². The molecule has 1 aliphatic rings. The number of carboxylic acids is 1. The van der Waals surface area contributed by atoms with Crippen LogP contribution in [-0.4, -0.2) is 46.0 Å². The number of hydrogen-bond donors (Lipinski definition) is 3. The van der Waals surface area contributed by atoms with E-state index in [1.54, 1.807) is 0 Å². The van der Waals surface area contributed by atoms with Gasteiger partial charge in [0.15, 0.2) is 5.69 Å². The van der Waals surface area contributed by atoms with Gasteiger partial charge in [-0.2, -0.15) is 0 Å². The van der Waals surface area contributed by atoms with Crippen molar-refractivity contribution in [3.63, 3.8) is 0 Å². The molecule has 2 rings (SSSR count). The Kier molecular flexibility index (Phi) is 4.18.